The van der Waals surface area contributed by atoms with Gasteiger partial charge in [0.05, 0.1) is 12.3 Å². The summed E-state index contributed by atoms with van der Waals surface area (Å²) in [6.45, 7) is -0.00507. The molecule has 1 rings (SSSR count). The third-order valence-electron chi connectivity index (χ3n) is 1.08. The first kappa shape index (κ1) is 6.96. The van der Waals surface area contributed by atoms with Crippen LogP contribution in [-0.2, 0) is 0 Å². The summed E-state index contributed by atoms with van der Waals surface area (Å²) in [6, 6.07) is 9.50. The van der Waals surface area contributed by atoms with Gasteiger partial charge in [0.2, 0.25) is 0 Å². The molecule has 0 atom stereocenters. The largest absolute Gasteiger partial charge is 0.391 e. The molecular formula is C8H9NO. The van der Waals surface area contributed by atoms with E-state index >= 15 is 0 Å². The Morgan fingerprint density at radius 1 is 1.30 bits per heavy atom. The van der Waals surface area contributed by atoms with Crippen LogP contribution < -0.4 is 0 Å². The van der Waals surface area contributed by atoms with E-state index in [-0.39, 0.29) is 6.61 Å². The van der Waals surface area contributed by atoms with Crippen LogP contribution in [0.4, 0.5) is 5.69 Å². The molecule has 0 aliphatic carbocycles. The minimum absolute atomic E-state index is 0.00507. The highest BCUT2D eigenvalue weighted by molar-refractivity contribution is 5.63. The maximum absolute atomic E-state index is 8.38. The number of para-hydroxylation sites is 1. The van der Waals surface area contributed by atoms with Crippen molar-refractivity contribution in [2.45, 2.75) is 0 Å². The van der Waals surface area contributed by atoms with E-state index in [1.807, 2.05) is 30.3 Å². The highest BCUT2D eigenvalue weighted by Crippen LogP contribution is 2.07. The lowest BCUT2D eigenvalue weighted by molar-refractivity contribution is 0.361. The number of nitrogens with zero attached hydrogens (tertiary/aromatic N) is 1. The van der Waals surface area contributed by atoms with Crippen LogP contribution in [0.1, 0.15) is 0 Å². The Labute approximate surface area is 59.9 Å². The monoisotopic (exact) mass is 135 g/mol. The van der Waals surface area contributed by atoms with E-state index in [1.54, 1.807) is 0 Å². The minimum atomic E-state index is -0.00507. The number of aliphatic hydroxyl groups excluding tert-OH is 1. The normalized spacial score (nSPS) is 10.5. The van der Waals surface area contributed by atoms with Gasteiger partial charge in [-0.15, -0.1) is 0 Å². The zero-order valence-corrected chi connectivity index (χ0v) is 5.57. The van der Waals surface area contributed by atoms with Crippen molar-refractivity contribution in [3.05, 3.63) is 30.3 Å². The summed E-state index contributed by atoms with van der Waals surface area (Å²) >= 11 is 0. The fraction of sp³-hybridized carbons (Fsp3) is 0.125. The van der Waals surface area contributed by atoms with Crippen molar-refractivity contribution < 1.29 is 5.11 Å². The van der Waals surface area contributed by atoms with Crippen LogP contribution in [0.2, 0.25) is 0 Å². The van der Waals surface area contributed by atoms with E-state index < -0.39 is 0 Å². The molecule has 0 saturated heterocycles. The molecule has 52 valence electrons. The smallest absolute Gasteiger partial charge is 0.0784 e. The predicted molar refractivity (Wildman–Crippen MR) is 41.7 cm³/mol. The van der Waals surface area contributed by atoms with Crippen LogP contribution in [0.15, 0.2) is 35.3 Å². The SMILES string of the molecule is OC/C=N/c1ccccc1. The lowest BCUT2D eigenvalue weighted by Gasteiger charge is -1.88. The molecule has 0 aliphatic heterocycles. The van der Waals surface area contributed by atoms with E-state index in [1.165, 1.54) is 6.21 Å². The molecule has 1 aromatic carbocycles. The van der Waals surface area contributed by atoms with Crippen LogP contribution in [0.5, 0.6) is 0 Å². The third-order valence-corrected chi connectivity index (χ3v) is 1.08. The standard InChI is InChI=1S/C8H9NO/c10-7-6-9-8-4-2-1-3-5-8/h1-6,10H,7H2/b9-6+. The molecule has 0 radical (unpaired) electrons. The first-order valence-electron chi connectivity index (χ1n) is 3.12. The maximum atomic E-state index is 8.38. The zero-order valence-electron chi connectivity index (χ0n) is 5.57. The Morgan fingerprint density at radius 2 is 2.00 bits per heavy atom. The molecular weight excluding hydrogens is 126 g/mol. The highest BCUT2D eigenvalue weighted by Gasteiger charge is 1.80. The average Bonchev–Trinajstić information content (AvgIpc) is 2.03. The molecule has 2 nitrogen and oxygen atoms in total. The Kier molecular flexibility index (Phi) is 2.64. The molecule has 0 bridgehead atoms. The van der Waals surface area contributed by atoms with Crippen molar-refractivity contribution in [2.75, 3.05) is 6.61 Å². The van der Waals surface area contributed by atoms with Crippen LogP contribution in [0.3, 0.4) is 0 Å². The lowest BCUT2D eigenvalue weighted by Crippen LogP contribution is -1.79. The van der Waals surface area contributed by atoms with Crippen molar-refractivity contribution in [3.8, 4) is 0 Å². The molecule has 0 aromatic heterocycles. The molecule has 0 spiro atoms. The van der Waals surface area contributed by atoms with Gasteiger partial charge in [0, 0.05) is 6.21 Å². The van der Waals surface area contributed by atoms with Gasteiger partial charge in [0.15, 0.2) is 0 Å². The van der Waals surface area contributed by atoms with Crippen molar-refractivity contribution >= 4 is 11.9 Å². The second-order valence-electron chi connectivity index (χ2n) is 1.83. The van der Waals surface area contributed by atoms with E-state index in [0.717, 1.165) is 5.69 Å². The number of benzene rings is 1. The Morgan fingerprint density at radius 3 is 2.60 bits per heavy atom. The lowest BCUT2D eigenvalue weighted by atomic mass is 10.3. The van der Waals surface area contributed by atoms with Crippen molar-refractivity contribution in [1.29, 1.82) is 0 Å². The second kappa shape index (κ2) is 3.80. The Balaban J connectivity index is 2.67. The van der Waals surface area contributed by atoms with Gasteiger partial charge in [0.25, 0.3) is 0 Å². The number of aliphatic imine (C=N–C) groups is 1. The average molecular weight is 135 g/mol. The van der Waals surface area contributed by atoms with Crippen molar-refractivity contribution in [2.24, 2.45) is 4.99 Å². The summed E-state index contributed by atoms with van der Waals surface area (Å²) in [5, 5.41) is 8.38. The molecule has 2 heteroatoms. The molecule has 0 aliphatic rings. The molecule has 0 heterocycles. The third kappa shape index (κ3) is 1.99. The second-order valence-corrected chi connectivity index (χ2v) is 1.83. The summed E-state index contributed by atoms with van der Waals surface area (Å²) < 4.78 is 0. The van der Waals surface area contributed by atoms with Crippen LogP contribution in [-0.4, -0.2) is 17.9 Å². The highest BCUT2D eigenvalue weighted by atomic mass is 16.2. The zero-order chi connectivity index (χ0) is 7.23. The van der Waals surface area contributed by atoms with Gasteiger partial charge in [-0.1, -0.05) is 18.2 Å². The summed E-state index contributed by atoms with van der Waals surface area (Å²) in [7, 11) is 0. The van der Waals surface area contributed by atoms with Crippen LogP contribution >= 0.6 is 0 Å². The summed E-state index contributed by atoms with van der Waals surface area (Å²) in [4.78, 5) is 3.95. The van der Waals surface area contributed by atoms with Gasteiger partial charge in [-0.2, -0.15) is 0 Å². The Bertz CT molecular complexity index is 206. The molecule has 10 heavy (non-hydrogen) atoms. The van der Waals surface area contributed by atoms with Gasteiger partial charge in [-0.05, 0) is 12.1 Å². The van der Waals surface area contributed by atoms with Gasteiger partial charge < -0.3 is 5.11 Å². The van der Waals surface area contributed by atoms with Crippen molar-refractivity contribution in [3.63, 3.8) is 0 Å². The van der Waals surface area contributed by atoms with Crippen LogP contribution in [0, 0.1) is 0 Å². The van der Waals surface area contributed by atoms with Gasteiger partial charge >= 0.3 is 0 Å². The first-order valence-corrected chi connectivity index (χ1v) is 3.12. The molecule has 0 unspecified atom stereocenters. The van der Waals surface area contributed by atoms with E-state index in [4.69, 9.17) is 5.11 Å². The maximum Gasteiger partial charge on any atom is 0.0784 e. The van der Waals surface area contributed by atoms with Gasteiger partial charge in [-0.25, -0.2) is 0 Å². The van der Waals surface area contributed by atoms with E-state index in [0.29, 0.717) is 0 Å². The van der Waals surface area contributed by atoms with Gasteiger partial charge in [-0.3, -0.25) is 4.99 Å². The van der Waals surface area contributed by atoms with Gasteiger partial charge in [0.1, 0.15) is 0 Å². The van der Waals surface area contributed by atoms with Crippen LogP contribution in [0.25, 0.3) is 0 Å². The fourth-order valence-electron chi connectivity index (χ4n) is 0.660. The number of rotatable bonds is 2. The van der Waals surface area contributed by atoms with E-state index in [9.17, 15) is 0 Å². The number of hydrogen-bond acceptors (Lipinski definition) is 2. The molecule has 0 fully saturated rings. The minimum Gasteiger partial charge on any atom is -0.391 e. The first-order chi connectivity index (χ1) is 4.93. The molecule has 0 saturated carbocycles. The summed E-state index contributed by atoms with van der Waals surface area (Å²) in [5.41, 5.74) is 0.872. The quantitative estimate of drug-likeness (QED) is 0.610. The molecule has 0 amide bonds. The fourth-order valence-corrected chi connectivity index (χ4v) is 0.660. The predicted octanol–water partition coefficient (Wildman–Crippen LogP) is 1.38. The van der Waals surface area contributed by atoms with Crippen molar-refractivity contribution in [1.82, 2.24) is 0 Å². The number of hydrogen-bond donors (Lipinski definition) is 1. The molecule has 1 N–H and O–H groups in total. The summed E-state index contributed by atoms with van der Waals surface area (Å²) in [6.07, 6.45) is 1.47. The van der Waals surface area contributed by atoms with E-state index in [2.05, 4.69) is 4.99 Å². The topological polar surface area (TPSA) is 32.6 Å². The summed E-state index contributed by atoms with van der Waals surface area (Å²) in [5.74, 6) is 0. The Hall–Kier alpha value is -1.15. The molecule has 1 aromatic rings. The number of aliphatic hydroxyl groups is 1.